The molecule has 0 rings (SSSR count). The first-order valence-electron chi connectivity index (χ1n) is 4.81. The fourth-order valence-electron chi connectivity index (χ4n) is 0.820. The molecule has 0 bridgehead atoms. The molecule has 0 spiro atoms. The monoisotopic (exact) mass is 186 g/mol. The Labute approximate surface area is 81.8 Å². The number of allylic oxidation sites excluding steroid dienone is 1. The van der Waals surface area contributed by atoms with E-state index in [-0.39, 0.29) is 0 Å². The summed E-state index contributed by atoms with van der Waals surface area (Å²) in [6.07, 6.45) is 4.01. The van der Waals surface area contributed by atoms with Crippen molar-refractivity contribution in [2.24, 2.45) is 0 Å². The minimum atomic E-state index is 0.728. The highest BCUT2D eigenvalue weighted by atomic mass is 16.5. The summed E-state index contributed by atoms with van der Waals surface area (Å²) in [5.41, 5.74) is 0. The number of nitrogens with one attached hydrogen (secondary N) is 1. The summed E-state index contributed by atoms with van der Waals surface area (Å²) >= 11 is 0. The molecule has 3 nitrogen and oxygen atoms in total. The van der Waals surface area contributed by atoms with Crippen molar-refractivity contribution < 1.29 is 4.74 Å². The van der Waals surface area contributed by atoms with E-state index in [0.29, 0.717) is 0 Å². The number of hydrogen-bond acceptors (Lipinski definition) is 3. The predicted octanol–water partition coefficient (Wildman–Crippen LogP) is 0.730. The van der Waals surface area contributed by atoms with Crippen LogP contribution in [0.1, 0.15) is 6.92 Å². The zero-order valence-electron chi connectivity index (χ0n) is 9.05. The molecule has 13 heavy (non-hydrogen) atoms. The molecule has 0 aliphatic carbocycles. The van der Waals surface area contributed by atoms with Crippen molar-refractivity contribution in [1.82, 2.24) is 10.2 Å². The van der Waals surface area contributed by atoms with E-state index in [1.165, 1.54) is 0 Å². The van der Waals surface area contributed by atoms with E-state index < -0.39 is 0 Å². The lowest BCUT2D eigenvalue weighted by atomic mass is 10.5. The van der Waals surface area contributed by atoms with Crippen LogP contribution < -0.4 is 5.32 Å². The Morgan fingerprint density at radius 2 is 2.08 bits per heavy atom. The van der Waals surface area contributed by atoms with Gasteiger partial charge in [0.15, 0.2) is 0 Å². The Morgan fingerprint density at radius 1 is 1.31 bits per heavy atom. The molecular formula is C10H22N2O. The first-order valence-corrected chi connectivity index (χ1v) is 4.81. The molecule has 0 amide bonds. The first-order chi connectivity index (χ1) is 6.27. The van der Waals surface area contributed by atoms with E-state index in [4.69, 9.17) is 4.74 Å². The topological polar surface area (TPSA) is 24.5 Å². The van der Waals surface area contributed by atoms with Gasteiger partial charge in [-0.15, -0.1) is 0 Å². The molecule has 0 aliphatic heterocycles. The Hall–Kier alpha value is -0.380. The summed E-state index contributed by atoms with van der Waals surface area (Å²) in [6, 6.07) is 0. The number of hydrogen-bond donors (Lipinski definition) is 1. The van der Waals surface area contributed by atoms with Crippen LogP contribution >= 0.6 is 0 Å². The van der Waals surface area contributed by atoms with Gasteiger partial charge in [-0.25, -0.2) is 0 Å². The molecule has 0 unspecified atom stereocenters. The SMILES string of the molecule is CC=CCOCCNCCN(C)C. The molecule has 1 N–H and O–H groups in total. The van der Waals surface area contributed by atoms with Gasteiger partial charge in [-0.2, -0.15) is 0 Å². The maximum Gasteiger partial charge on any atom is 0.0647 e. The van der Waals surface area contributed by atoms with Crippen LogP contribution in [0.3, 0.4) is 0 Å². The second-order valence-electron chi connectivity index (χ2n) is 3.20. The second kappa shape index (κ2) is 9.71. The Morgan fingerprint density at radius 3 is 2.69 bits per heavy atom. The van der Waals surface area contributed by atoms with Gasteiger partial charge in [0.1, 0.15) is 0 Å². The fraction of sp³-hybridized carbons (Fsp3) is 0.800. The van der Waals surface area contributed by atoms with Crippen LogP contribution in [0.2, 0.25) is 0 Å². The van der Waals surface area contributed by atoms with Crippen LogP contribution in [-0.4, -0.2) is 51.8 Å². The maximum absolute atomic E-state index is 5.32. The van der Waals surface area contributed by atoms with Crippen LogP contribution in [0.25, 0.3) is 0 Å². The van der Waals surface area contributed by atoms with Crippen LogP contribution in [0, 0.1) is 0 Å². The average molecular weight is 186 g/mol. The minimum Gasteiger partial charge on any atom is -0.376 e. The lowest BCUT2D eigenvalue weighted by molar-refractivity contribution is 0.163. The normalized spacial score (nSPS) is 11.7. The predicted molar refractivity (Wildman–Crippen MR) is 57.1 cm³/mol. The molecule has 0 aromatic heterocycles. The van der Waals surface area contributed by atoms with Gasteiger partial charge in [0.05, 0.1) is 13.2 Å². The van der Waals surface area contributed by atoms with Crippen LogP contribution in [-0.2, 0) is 4.74 Å². The van der Waals surface area contributed by atoms with Gasteiger partial charge in [-0.3, -0.25) is 0 Å². The van der Waals surface area contributed by atoms with Crippen molar-refractivity contribution in [3.8, 4) is 0 Å². The molecule has 0 saturated heterocycles. The van der Waals surface area contributed by atoms with Crippen molar-refractivity contribution in [2.75, 3.05) is 46.9 Å². The van der Waals surface area contributed by atoms with Crippen molar-refractivity contribution in [3.05, 3.63) is 12.2 Å². The zero-order chi connectivity index (χ0) is 9.94. The first kappa shape index (κ1) is 12.6. The maximum atomic E-state index is 5.32. The average Bonchev–Trinajstić information content (AvgIpc) is 2.09. The summed E-state index contributed by atoms with van der Waals surface area (Å²) in [5.74, 6) is 0. The summed E-state index contributed by atoms with van der Waals surface area (Å²) in [5, 5.41) is 3.30. The van der Waals surface area contributed by atoms with Crippen molar-refractivity contribution >= 4 is 0 Å². The lowest BCUT2D eigenvalue weighted by Gasteiger charge is -2.09. The van der Waals surface area contributed by atoms with E-state index in [1.807, 2.05) is 19.1 Å². The minimum absolute atomic E-state index is 0.728. The zero-order valence-corrected chi connectivity index (χ0v) is 9.05. The molecule has 78 valence electrons. The standard InChI is InChI=1S/C10H22N2O/c1-4-5-9-13-10-7-11-6-8-12(2)3/h4-5,11H,6-10H2,1-3H3. The molecule has 0 fully saturated rings. The molecule has 0 radical (unpaired) electrons. The van der Waals surface area contributed by atoms with Gasteiger partial charge < -0.3 is 15.0 Å². The van der Waals surface area contributed by atoms with Gasteiger partial charge in [-0.1, -0.05) is 12.2 Å². The summed E-state index contributed by atoms with van der Waals surface area (Å²) in [4.78, 5) is 2.16. The molecule has 0 aliphatic rings. The van der Waals surface area contributed by atoms with Crippen molar-refractivity contribution in [3.63, 3.8) is 0 Å². The highest BCUT2D eigenvalue weighted by molar-refractivity contribution is 4.75. The molecule has 0 atom stereocenters. The third-order valence-corrected chi connectivity index (χ3v) is 1.61. The van der Waals surface area contributed by atoms with Gasteiger partial charge in [0.2, 0.25) is 0 Å². The quantitative estimate of drug-likeness (QED) is 0.447. The number of likely N-dealkylation sites (N-methyl/N-ethyl adjacent to an activating group) is 1. The highest BCUT2D eigenvalue weighted by Gasteiger charge is 1.89. The third-order valence-electron chi connectivity index (χ3n) is 1.61. The molecule has 0 aromatic carbocycles. The molecule has 3 heteroatoms. The van der Waals surface area contributed by atoms with E-state index >= 15 is 0 Å². The molecule has 0 saturated carbocycles. The van der Waals surface area contributed by atoms with E-state index in [0.717, 1.165) is 32.8 Å². The Balaban J connectivity index is 2.91. The van der Waals surface area contributed by atoms with Crippen molar-refractivity contribution in [2.45, 2.75) is 6.92 Å². The smallest absolute Gasteiger partial charge is 0.0647 e. The van der Waals surface area contributed by atoms with Crippen LogP contribution in [0.4, 0.5) is 0 Å². The Bertz CT molecular complexity index is 124. The molecule has 0 heterocycles. The molecular weight excluding hydrogens is 164 g/mol. The van der Waals surface area contributed by atoms with E-state index in [2.05, 4.69) is 24.3 Å². The lowest BCUT2D eigenvalue weighted by Crippen LogP contribution is -2.28. The van der Waals surface area contributed by atoms with Gasteiger partial charge in [-0.05, 0) is 21.0 Å². The van der Waals surface area contributed by atoms with Crippen LogP contribution in [0.5, 0.6) is 0 Å². The molecule has 0 aromatic rings. The van der Waals surface area contributed by atoms with E-state index in [1.54, 1.807) is 0 Å². The Kier molecular flexibility index (Phi) is 9.42. The number of nitrogens with zero attached hydrogens (tertiary/aromatic N) is 1. The van der Waals surface area contributed by atoms with Gasteiger partial charge in [0.25, 0.3) is 0 Å². The highest BCUT2D eigenvalue weighted by Crippen LogP contribution is 1.76. The summed E-state index contributed by atoms with van der Waals surface area (Å²) in [7, 11) is 4.15. The second-order valence-corrected chi connectivity index (χ2v) is 3.20. The van der Waals surface area contributed by atoms with Gasteiger partial charge >= 0.3 is 0 Å². The third kappa shape index (κ3) is 11.6. The summed E-state index contributed by atoms with van der Waals surface area (Å²) in [6.45, 7) is 6.56. The fourth-order valence-corrected chi connectivity index (χ4v) is 0.820. The van der Waals surface area contributed by atoms with Gasteiger partial charge in [0, 0.05) is 19.6 Å². The van der Waals surface area contributed by atoms with Crippen molar-refractivity contribution in [1.29, 1.82) is 0 Å². The largest absolute Gasteiger partial charge is 0.376 e. The number of rotatable bonds is 8. The van der Waals surface area contributed by atoms with Crippen LogP contribution in [0.15, 0.2) is 12.2 Å². The number of ether oxygens (including phenoxy) is 1. The summed E-state index contributed by atoms with van der Waals surface area (Å²) < 4.78 is 5.32. The van der Waals surface area contributed by atoms with E-state index in [9.17, 15) is 0 Å².